The Hall–Kier alpha value is -2.43. The van der Waals surface area contributed by atoms with Gasteiger partial charge < -0.3 is 9.47 Å². The van der Waals surface area contributed by atoms with E-state index in [4.69, 9.17) is 9.47 Å². The summed E-state index contributed by atoms with van der Waals surface area (Å²) in [5.41, 5.74) is 0.148. The van der Waals surface area contributed by atoms with Crippen LogP contribution in [0.2, 0.25) is 0 Å². The smallest absolute Gasteiger partial charge is 0.343 e. The van der Waals surface area contributed by atoms with Crippen molar-refractivity contribution in [1.29, 1.82) is 0 Å². The zero-order chi connectivity index (χ0) is 18.9. The number of esters is 1. The summed E-state index contributed by atoms with van der Waals surface area (Å²) < 4.78 is 10.8. The SMILES string of the molecule is CCCCCCCC(=O)C1=C2C3=COC(C)=CC3=CC(=O)[C@@]2(C)OC1=O. The molecule has 0 aromatic heterocycles. The first-order valence-corrected chi connectivity index (χ1v) is 9.21. The molecule has 0 aromatic rings. The van der Waals surface area contributed by atoms with Crippen molar-refractivity contribution in [3.63, 3.8) is 0 Å². The van der Waals surface area contributed by atoms with Gasteiger partial charge in [0.15, 0.2) is 11.4 Å². The number of allylic oxidation sites excluding steroid dienone is 3. The molecular weight excluding hydrogens is 332 g/mol. The van der Waals surface area contributed by atoms with Gasteiger partial charge in [-0.3, -0.25) is 9.59 Å². The van der Waals surface area contributed by atoms with E-state index < -0.39 is 11.6 Å². The summed E-state index contributed by atoms with van der Waals surface area (Å²) in [5.74, 6) is -0.654. The molecule has 2 heterocycles. The Kier molecular flexibility index (Phi) is 4.99. The Morgan fingerprint density at radius 3 is 2.58 bits per heavy atom. The van der Waals surface area contributed by atoms with Crippen molar-refractivity contribution in [1.82, 2.24) is 0 Å². The molecule has 0 aromatic carbocycles. The van der Waals surface area contributed by atoms with Crippen LogP contribution in [0.1, 0.15) is 59.3 Å². The van der Waals surface area contributed by atoms with Crippen molar-refractivity contribution in [3.05, 3.63) is 46.5 Å². The number of ketones is 2. The average molecular weight is 356 g/mol. The quantitative estimate of drug-likeness (QED) is 0.394. The summed E-state index contributed by atoms with van der Waals surface area (Å²) in [7, 11) is 0. The van der Waals surface area contributed by atoms with Gasteiger partial charge in [0.05, 0.1) is 6.26 Å². The van der Waals surface area contributed by atoms with E-state index in [9.17, 15) is 14.4 Å². The molecule has 0 bridgehead atoms. The molecule has 0 amide bonds. The first-order valence-electron chi connectivity index (χ1n) is 9.21. The number of fused-ring (bicyclic) bond motifs is 3. The van der Waals surface area contributed by atoms with E-state index in [-0.39, 0.29) is 23.6 Å². The van der Waals surface area contributed by atoms with Gasteiger partial charge in [-0.25, -0.2) is 4.79 Å². The summed E-state index contributed by atoms with van der Waals surface area (Å²) in [4.78, 5) is 37.8. The van der Waals surface area contributed by atoms with Gasteiger partial charge in [0.2, 0.25) is 5.78 Å². The largest absolute Gasteiger partial charge is 0.469 e. The zero-order valence-corrected chi connectivity index (χ0v) is 15.5. The summed E-state index contributed by atoms with van der Waals surface area (Å²) in [5, 5.41) is 0. The molecule has 0 saturated carbocycles. The number of Topliss-reactive ketones (excluding diaryl/α,β-unsaturated/α-hetero) is 1. The van der Waals surface area contributed by atoms with E-state index >= 15 is 0 Å². The number of unbranched alkanes of at least 4 members (excludes halogenated alkanes) is 4. The first-order chi connectivity index (χ1) is 12.4. The van der Waals surface area contributed by atoms with E-state index in [1.54, 1.807) is 19.9 Å². The summed E-state index contributed by atoms with van der Waals surface area (Å²) in [6.07, 6.45) is 9.99. The molecule has 0 fully saturated rings. The Morgan fingerprint density at radius 2 is 1.85 bits per heavy atom. The fourth-order valence-corrected chi connectivity index (χ4v) is 3.61. The summed E-state index contributed by atoms with van der Waals surface area (Å²) in [6.45, 7) is 5.46. The molecule has 5 heteroatoms. The van der Waals surface area contributed by atoms with Crippen LogP contribution in [0, 0.1) is 0 Å². The molecule has 138 valence electrons. The van der Waals surface area contributed by atoms with Gasteiger partial charge in [-0.15, -0.1) is 0 Å². The molecular formula is C21H24O5. The second-order valence-corrected chi connectivity index (χ2v) is 7.13. The maximum atomic E-state index is 12.8. The number of ether oxygens (including phenoxy) is 2. The average Bonchev–Trinajstić information content (AvgIpc) is 2.86. The fraction of sp³-hybridized carbons (Fsp3) is 0.476. The van der Waals surface area contributed by atoms with Crippen molar-refractivity contribution in [2.24, 2.45) is 0 Å². The molecule has 26 heavy (non-hydrogen) atoms. The molecule has 3 aliphatic rings. The van der Waals surface area contributed by atoms with Crippen molar-refractivity contribution < 1.29 is 23.9 Å². The van der Waals surface area contributed by atoms with Crippen molar-refractivity contribution in [3.8, 4) is 0 Å². The minimum Gasteiger partial charge on any atom is -0.469 e. The van der Waals surface area contributed by atoms with Gasteiger partial charge in [0, 0.05) is 17.6 Å². The van der Waals surface area contributed by atoms with Crippen LogP contribution in [0.25, 0.3) is 0 Å². The minimum absolute atomic E-state index is 0.00439. The Morgan fingerprint density at radius 1 is 1.12 bits per heavy atom. The second-order valence-electron chi connectivity index (χ2n) is 7.13. The van der Waals surface area contributed by atoms with Crippen LogP contribution in [0.5, 0.6) is 0 Å². The molecule has 0 unspecified atom stereocenters. The minimum atomic E-state index is -1.44. The third-order valence-corrected chi connectivity index (χ3v) is 5.07. The molecule has 1 atom stereocenters. The number of carbonyl (C=O) groups is 3. The van der Waals surface area contributed by atoms with Crippen molar-refractivity contribution in [2.75, 3.05) is 0 Å². The Balaban J connectivity index is 1.92. The van der Waals surface area contributed by atoms with Gasteiger partial charge >= 0.3 is 5.97 Å². The monoisotopic (exact) mass is 356 g/mol. The van der Waals surface area contributed by atoms with E-state index in [1.165, 1.54) is 12.3 Å². The predicted molar refractivity (Wildman–Crippen MR) is 95.9 cm³/mol. The maximum Gasteiger partial charge on any atom is 0.343 e. The standard InChI is InChI=1S/C21H24O5/c1-4-5-6-7-8-9-16(22)18-19-15-12-25-13(2)10-14(15)11-17(23)21(19,3)26-20(18)24/h10-12H,4-9H2,1-3H3/t21-/m1/s1. The van der Waals surface area contributed by atoms with E-state index in [1.807, 2.05) is 0 Å². The summed E-state index contributed by atoms with van der Waals surface area (Å²) in [6, 6.07) is 0. The van der Waals surface area contributed by atoms with E-state index in [2.05, 4.69) is 6.92 Å². The predicted octanol–water partition coefficient (Wildman–Crippen LogP) is 3.86. The van der Waals surface area contributed by atoms with E-state index in [0.717, 1.165) is 32.1 Å². The molecule has 1 aliphatic carbocycles. The van der Waals surface area contributed by atoms with Gasteiger partial charge in [-0.2, -0.15) is 0 Å². The lowest BCUT2D eigenvalue weighted by atomic mass is 9.75. The van der Waals surface area contributed by atoms with Crippen LogP contribution in [0.15, 0.2) is 46.5 Å². The summed E-state index contributed by atoms with van der Waals surface area (Å²) >= 11 is 0. The highest BCUT2D eigenvalue weighted by Gasteiger charge is 2.54. The maximum absolute atomic E-state index is 12.8. The van der Waals surface area contributed by atoms with Crippen LogP contribution in [-0.4, -0.2) is 23.1 Å². The number of carbonyl (C=O) groups excluding carboxylic acids is 3. The van der Waals surface area contributed by atoms with Gasteiger partial charge in [-0.05, 0) is 38.0 Å². The third-order valence-electron chi connectivity index (χ3n) is 5.07. The van der Waals surface area contributed by atoms with Gasteiger partial charge in [0.1, 0.15) is 11.3 Å². The lowest BCUT2D eigenvalue weighted by Crippen LogP contribution is -2.40. The molecule has 0 saturated heterocycles. The van der Waals surface area contributed by atoms with Gasteiger partial charge in [0.25, 0.3) is 0 Å². The highest BCUT2D eigenvalue weighted by molar-refractivity contribution is 6.24. The normalized spacial score (nSPS) is 24.2. The van der Waals surface area contributed by atoms with Crippen molar-refractivity contribution >= 4 is 17.5 Å². The lowest BCUT2D eigenvalue weighted by molar-refractivity contribution is -0.152. The topological polar surface area (TPSA) is 69.7 Å². The first kappa shape index (κ1) is 18.4. The van der Waals surface area contributed by atoms with Crippen LogP contribution < -0.4 is 0 Å². The fourth-order valence-electron chi connectivity index (χ4n) is 3.61. The Labute approximate surface area is 153 Å². The molecule has 5 nitrogen and oxygen atoms in total. The van der Waals surface area contributed by atoms with Gasteiger partial charge in [-0.1, -0.05) is 32.6 Å². The molecule has 0 radical (unpaired) electrons. The lowest BCUT2D eigenvalue weighted by Gasteiger charge is -2.31. The highest BCUT2D eigenvalue weighted by atomic mass is 16.6. The third kappa shape index (κ3) is 3.06. The van der Waals surface area contributed by atoms with Crippen LogP contribution in [-0.2, 0) is 23.9 Å². The Bertz CT molecular complexity index is 793. The van der Waals surface area contributed by atoms with E-state index in [0.29, 0.717) is 22.5 Å². The van der Waals surface area contributed by atoms with Crippen molar-refractivity contribution in [2.45, 2.75) is 64.9 Å². The number of rotatable bonds is 7. The molecule has 0 N–H and O–H groups in total. The number of hydrogen-bond acceptors (Lipinski definition) is 5. The van der Waals surface area contributed by atoms with Crippen LogP contribution >= 0.6 is 0 Å². The zero-order valence-electron chi connectivity index (χ0n) is 15.5. The van der Waals surface area contributed by atoms with Crippen LogP contribution in [0.3, 0.4) is 0 Å². The van der Waals surface area contributed by atoms with Crippen LogP contribution in [0.4, 0.5) is 0 Å². The molecule has 2 aliphatic heterocycles. The highest BCUT2D eigenvalue weighted by Crippen LogP contribution is 2.46. The second kappa shape index (κ2) is 7.06. The molecule has 3 rings (SSSR count). The molecule has 0 spiro atoms. The number of hydrogen-bond donors (Lipinski definition) is 0.